The van der Waals surface area contributed by atoms with Crippen molar-refractivity contribution in [2.75, 3.05) is 13.1 Å². The Morgan fingerprint density at radius 2 is 1.39 bits per heavy atom. The number of rotatable bonds is 4. The molecule has 0 radical (unpaired) electrons. The molecule has 1 aliphatic rings. The molecule has 1 fully saturated rings. The monoisotopic (exact) mass is 272 g/mol. The molecule has 1 saturated heterocycles. The maximum Gasteiger partial charge on any atom is 0.323 e. The number of carbonyl (C=O) groups is 4. The third-order valence-electron chi connectivity index (χ3n) is 2.06. The van der Waals surface area contributed by atoms with Crippen molar-refractivity contribution >= 4 is 41.1 Å². The van der Waals surface area contributed by atoms with Crippen molar-refractivity contribution < 1.29 is 29.4 Å². The number of hydrogen-bond donors (Lipinski definition) is 2. The summed E-state index contributed by atoms with van der Waals surface area (Å²) in [5.74, 6) is -4.56. The van der Waals surface area contributed by atoms with Gasteiger partial charge in [-0.3, -0.25) is 29.0 Å². The van der Waals surface area contributed by atoms with Gasteiger partial charge in [-0.2, -0.15) is 0 Å². The number of hydrogen-bond acceptors (Lipinski definition) is 5. The van der Waals surface area contributed by atoms with Gasteiger partial charge >= 0.3 is 11.9 Å². The molecule has 0 aromatic heterocycles. The summed E-state index contributed by atoms with van der Waals surface area (Å²) >= 11 is 4.73. The molecule has 0 atom stereocenters. The number of nitrogens with zero attached hydrogens (tertiary/aromatic N) is 2. The van der Waals surface area contributed by atoms with E-state index in [1.54, 1.807) is 0 Å². The normalized spacial score (nSPS) is 16.2. The molecular weight excluding hydrogens is 264 g/mol. The van der Waals surface area contributed by atoms with Crippen molar-refractivity contribution in [3.8, 4) is 0 Å². The highest BCUT2D eigenvalue weighted by atomic mass is 32.1. The van der Waals surface area contributed by atoms with Crippen molar-refractivity contribution in [1.82, 2.24) is 9.80 Å². The summed E-state index contributed by atoms with van der Waals surface area (Å²) in [6.07, 6.45) is 0. The molecule has 96 valence electrons. The molecule has 9 heteroatoms. The van der Waals surface area contributed by atoms with Crippen molar-refractivity contribution in [1.29, 1.82) is 0 Å². The lowest BCUT2D eigenvalue weighted by atomic mass is 10.2. The fraction of sp³-hybridized carbons (Fsp3) is 0.222. The van der Waals surface area contributed by atoms with Crippen LogP contribution in [0.5, 0.6) is 0 Å². The van der Waals surface area contributed by atoms with Crippen LogP contribution in [-0.2, 0) is 19.2 Å². The number of carbonyl (C=O) groups excluding carboxylic acids is 2. The molecule has 8 nitrogen and oxygen atoms in total. The van der Waals surface area contributed by atoms with E-state index in [1.807, 2.05) is 0 Å². The lowest BCUT2D eigenvalue weighted by Gasteiger charge is -2.34. The maximum absolute atomic E-state index is 11.6. The fourth-order valence-electron chi connectivity index (χ4n) is 1.29. The first-order chi connectivity index (χ1) is 8.25. The third kappa shape index (κ3) is 2.51. The molecule has 0 spiro atoms. The largest absolute Gasteiger partial charge is 0.480 e. The maximum atomic E-state index is 11.6. The lowest BCUT2D eigenvalue weighted by molar-refractivity contribution is -0.145. The van der Waals surface area contributed by atoms with Crippen LogP contribution in [0, 0.1) is 0 Å². The minimum atomic E-state index is -1.34. The number of thiocarbonyl (C=S) groups is 1. The van der Waals surface area contributed by atoms with E-state index in [0.29, 0.717) is 9.80 Å². The molecule has 0 aromatic rings. The van der Waals surface area contributed by atoms with Gasteiger partial charge in [0.15, 0.2) is 5.11 Å². The Bertz CT molecular complexity index is 445. The molecule has 0 aliphatic carbocycles. The van der Waals surface area contributed by atoms with Crippen molar-refractivity contribution in [2.45, 2.75) is 0 Å². The average molecular weight is 272 g/mol. The van der Waals surface area contributed by atoms with Crippen molar-refractivity contribution in [3.05, 3.63) is 12.2 Å². The van der Waals surface area contributed by atoms with Gasteiger partial charge in [-0.15, -0.1) is 0 Å². The Balaban J connectivity index is 3.07. The van der Waals surface area contributed by atoms with Gasteiger partial charge in [0.25, 0.3) is 11.8 Å². The van der Waals surface area contributed by atoms with Gasteiger partial charge in [-0.1, -0.05) is 6.58 Å². The molecular formula is C9H8N2O6S. The zero-order valence-corrected chi connectivity index (χ0v) is 9.77. The summed E-state index contributed by atoms with van der Waals surface area (Å²) in [4.78, 5) is 45.6. The Labute approximate surface area is 106 Å². The van der Waals surface area contributed by atoms with Gasteiger partial charge in [0.05, 0.1) is 5.57 Å². The number of carboxylic acids is 2. The quantitative estimate of drug-likeness (QED) is 0.370. The Hall–Kier alpha value is -2.29. The fourth-order valence-corrected chi connectivity index (χ4v) is 1.58. The van der Waals surface area contributed by atoms with Crippen LogP contribution in [-0.4, -0.2) is 62.0 Å². The highest BCUT2D eigenvalue weighted by molar-refractivity contribution is 7.80. The van der Waals surface area contributed by atoms with Crippen LogP contribution in [0.1, 0.15) is 0 Å². The first kappa shape index (κ1) is 13.8. The summed E-state index contributed by atoms with van der Waals surface area (Å²) in [6, 6.07) is 0. The predicted molar refractivity (Wildman–Crippen MR) is 60.4 cm³/mol. The van der Waals surface area contributed by atoms with Gasteiger partial charge < -0.3 is 10.2 Å². The second kappa shape index (κ2) is 4.92. The van der Waals surface area contributed by atoms with Crippen LogP contribution in [0.2, 0.25) is 0 Å². The van der Waals surface area contributed by atoms with Gasteiger partial charge in [-0.25, -0.2) is 0 Å². The molecule has 1 heterocycles. The van der Waals surface area contributed by atoms with E-state index in [4.69, 9.17) is 22.4 Å². The van der Waals surface area contributed by atoms with E-state index in [-0.39, 0.29) is 0 Å². The Morgan fingerprint density at radius 3 is 1.67 bits per heavy atom. The second-order valence-electron chi connectivity index (χ2n) is 3.33. The summed E-state index contributed by atoms with van der Waals surface area (Å²) in [5, 5.41) is 16.8. The van der Waals surface area contributed by atoms with Gasteiger partial charge in [0, 0.05) is 0 Å². The van der Waals surface area contributed by atoms with Crippen LogP contribution < -0.4 is 0 Å². The van der Waals surface area contributed by atoms with E-state index in [0.717, 1.165) is 0 Å². The molecule has 0 saturated carbocycles. The molecule has 2 amide bonds. The van der Waals surface area contributed by atoms with E-state index < -0.39 is 47.5 Å². The number of carboxylic acid groups (broad SMARTS) is 2. The van der Waals surface area contributed by atoms with Crippen LogP contribution in [0.3, 0.4) is 0 Å². The van der Waals surface area contributed by atoms with E-state index in [2.05, 4.69) is 6.58 Å². The van der Waals surface area contributed by atoms with Crippen LogP contribution >= 0.6 is 12.2 Å². The highest BCUT2D eigenvalue weighted by Gasteiger charge is 2.39. The summed E-state index contributed by atoms with van der Waals surface area (Å²) in [7, 11) is 0. The highest BCUT2D eigenvalue weighted by Crippen LogP contribution is 2.15. The van der Waals surface area contributed by atoms with Gasteiger partial charge in [-0.05, 0) is 12.2 Å². The van der Waals surface area contributed by atoms with Gasteiger partial charge in [0.2, 0.25) is 0 Å². The smallest absolute Gasteiger partial charge is 0.323 e. The molecule has 2 N–H and O–H groups in total. The standard InChI is InChI=1S/C9H8N2O6S/c1-4-7(16)10(2-5(12)13)9(18)11(8(4)17)3-6(14)15/h1-3H2,(H,12,13)(H,14,15). The van der Waals surface area contributed by atoms with Crippen LogP contribution in [0.4, 0.5) is 0 Å². The molecule has 18 heavy (non-hydrogen) atoms. The molecule has 0 bridgehead atoms. The van der Waals surface area contributed by atoms with E-state index in [1.165, 1.54) is 0 Å². The first-order valence-corrected chi connectivity index (χ1v) is 4.96. The van der Waals surface area contributed by atoms with E-state index >= 15 is 0 Å². The minimum Gasteiger partial charge on any atom is -0.480 e. The molecule has 0 unspecified atom stereocenters. The third-order valence-corrected chi connectivity index (χ3v) is 2.50. The summed E-state index contributed by atoms with van der Waals surface area (Å²) in [5.41, 5.74) is -0.522. The second-order valence-corrected chi connectivity index (χ2v) is 3.70. The molecule has 1 rings (SSSR count). The van der Waals surface area contributed by atoms with Crippen LogP contribution in [0.25, 0.3) is 0 Å². The van der Waals surface area contributed by atoms with Gasteiger partial charge in [0.1, 0.15) is 13.1 Å². The minimum absolute atomic E-state index is 0.456. The SMILES string of the molecule is C=C1C(=O)N(CC(=O)O)C(=S)N(CC(=O)O)C1=O. The zero-order chi connectivity index (χ0) is 14.0. The number of aliphatic carboxylic acids is 2. The summed E-state index contributed by atoms with van der Waals surface area (Å²) in [6.45, 7) is 1.67. The van der Waals surface area contributed by atoms with Crippen molar-refractivity contribution in [2.24, 2.45) is 0 Å². The van der Waals surface area contributed by atoms with Crippen LogP contribution in [0.15, 0.2) is 12.2 Å². The molecule has 0 aromatic carbocycles. The predicted octanol–water partition coefficient (Wildman–Crippen LogP) is -1.33. The summed E-state index contributed by atoms with van der Waals surface area (Å²) < 4.78 is 0. The molecule has 1 aliphatic heterocycles. The Kier molecular flexibility index (Phi) is 3.76. The van der Waals surface area contributed by atoms with E-state index in [9.17, 15) is 19.2 Å². The Morgan fingerprint density at radius 1 is 1.06 bits per heavy atom. The topological polar surface area (TPSA) is 115 Å². The van der Waals surface area contributed by atoms with Crippen molar-refractivity contribution in [3.63, 3.8) is 0 Å². The zero-order valence-electron chi connectivity index (χ0n) is 8.95. The average Bonchev–Trinajstić information content (AvgIpc) is 2.27. The lowest BCUT2D eigenvalue weighted by Crippen LogP contribution is -2.58. The number of amides is 2. The first-order valence-electron chi connectivity index (χ1n) is 4.56.